The minimum Gasteiger partial charge on any atom is -0.465 e. The van der Waals surface area contributed by atoms with Crippen LogP contribution in [0.1, 0.15) is 19.8 Å². The van der Waals surface area contributed by atoms with E-state index in [2.05, 4.69) is 15.5 Å². The number of anilines is 2. The molecule has 0 aliphatic carbocycles. The highest BCUT2D eigenvalue weighted by Gasteiger charge is 2.42. The number of cyclic esters (lactones) is 1. The number of hydrogen-bond donors (Lipinski definition) is 3. The van der Waals surface area contributed by atoms with E-state index < -0.39 is 11.2 Å². The van der Waals surface area contributed by atoms with Crippen LogP contribution in [0.25, 0.3) is 11.3 Å². The number of aromatic nitrogens is 2. The first-order chi connectivity index (χ1) is 12.9. The van der Waals surface area contributed by atoms with Crippen molar-refractivity contribution in [2.45, 2.75) is 19.8 Å². The van der Waals surface area contributed by atoms with Crippen LogP contribution < -0.4 is 11.1 Å². The molecule has 146 valence electrons. The minimum absolute atomic E-state index is 0.0810. The lowest BCUT2D eigenvalue weighted by molar-refractivity contribution is -0.148. The van der Waals surface area contributed by atoms with Crippen LogP contribution in [0.2, 0.25) is 5.02 Å². The summed E-state index contributed by atoms with van der Waals surface area (Å²) in [6, 6.07) is 5.79. The number of nitrogens with zero attached hydrogens (tertiary/aromatic N) is 2. The quantitative estimate of drug-likeness (QED) is 0.681. The fourth-order valence-electron chi connectivity index (χ4n) is 2.60. The van der Waals surface area contributed by atoms with Crippen molar-refractivity contribution in [2.75, 3.05) is 31.3 Å². The molecule has 0 saturated carbocycles. The molecule has 1 unspecified atom stereocenters. The molecule has 2 heterocycles. The number of ether oxygens (including phenoxy) is 1. The van der Waals surface area contributed by atoms with Gasteiger partial charge in [0.2, 0.25) is 0 Å². The van der Waals surface area contributed by atoms with Crippen LogP contribution in [0, 0.1) is 11.2 Å². The van der Waals surface area contributed by atoms with Crippen LogP contribution in [-0.2, 0) is 9.53 Å². The highest BCUT2D eigenvalue weighted by molar-refractivity contribution is 6.30. The Hall–Kier alpha value is -2.45. The van der Waals surface area contributed by atoms with Crippen molar-refractivity contribution in [3.05, 3.63) is 35.1 Å². The lowest BCUT2D eigenvalue weighted by Crippen LogP contribution is -2.29. The smallest absolute Gasteiger partial charge is 0.314 e. The van der Waals surface area contributed by atoms with Gasteiger partial charge < -0.3 is 20.9 Å². The van der Waals surface area contributed by atoms with Gasteiger partial charge in [-0.15, -0.1) is 10.2 Å². The Labute approximate surface area is 161 Å². The molecule has 27 heavy (non-hydrogen) atoms. The average Bonchev–Trinajstić information content (AvgIpc) is 3.05. The zero-order valence-electron chi connectivity index (χ0n) is 15.1. The van der Waals surface area contributed by atoms with Gasteiger partial charge in [-0.2, -0.15) is 0 Å². The van der Waals surface area contributed by atoms with Crippen LogP contribution in [0.4, 0.5) is 15.9 Å². The number of rotatable bonds is 4. The van der Waals surface area contributed by atoms with Crippen LogP contribution in [-0.4, -0.2) is 41.5 Å². The van der Waals surface area contributed by atoms with Crippen molar-refractivity contribution in [3.63, 3.8) is 0 Å². The number of aliphatic hydroxyl groups excluding tert-OH is 1. The van der Waals surface area contributed by atoms with Gasteiger partial charge in [-0.1, -0.05) is 18.5 Å². The molecule has 1 atom stereocenters. The van der Waals surface area contributed by atoms with Crippen LogP contribution in [0.15, 0.2) is 24.3 Å². The largest absolute Gasteiger partial charge is 0.465 e. The van der Waals surface area contributed by atoms with Crippen molar-refractivity contribution in [1.82, 2.24) is 10.2 Å². The highest BCUT2D eigenvalue weighted by atomic mass is 35.5. The number of aliphatic hydroxyl groups is 1. The lowest BCUT2D eigenvalue weighted by atomic mass is 9.85. The van der Waals surface area contributed by atoms with E-state index in [1.165, 1.54) is 18.2 Å². The van der Waals surface area contributed by atoms with Gasteiger partial charge in [0.25, 0.3) is 0 Å². The number of carbonyl (C=O) groups excluding carboxylic acids is 1. The second kappa shape index (κ2) is 8.96. The summed E-state index contributed by atoms with van der Waals surface area (Å²) >= 11 is 5.81. The predicted molar refractivity (Wildman–Crippen MR) is 102 cm³/mol. The molecule has 1 aliphatic rings. The maximum atomic E-state index is 13.6. The molecule has 9 heteroatoms. The average molecular weight is 397 g/mol. The first-order valence-electron chi connectivity index (χ1n) is 8.41. The number of nitrogens with two attached hydrogens (primary N) is 1. The van der Waals surface area contributed by atoms with Gasteiger partial charge in [0.1, 0.15) is 5.82 Å². The molecule has 7 nitrogen and oxygen atoms in total. The van der Waals surface area contributed by atoms with Crippen molar-refractivity contribution < 1.29 is 19.0 Å². The Morgan fingerprint density at radius 1 is 1.41 bits per heavy atom. The molecule has 1 aliphatic heterocycles. The number of nitrogen functional groups attached to an aromatic ring is 1. The molecule has 1 saturated heterocycles. The summed E-state index contributed by atoms with van der Waals surface area (Å²) < 4.78 is 18.3. The zero-order chi connectivity index (χ0) is 20.0. The van der Waals surface area contributed by atoms with Crippen molar-refractivity contribution in [2.24, 2.45) is 5.41 Å². The normalized spacial score (nSPS) is 18.5. The van der Waals surface area contributed by atoms with Gasteiger partial charge in [0.05, 0.1) is 30.0 Å². The van der Waals surface area contributed by atoms with Gasteiger partial charge in [0, 0.05) is 17.6 Å². The number of esters is 1. The second-order valence-electron chi connectivity index (χ2n) is 6.09. The molecular weight excluding hydrogens is 375 g/mol. The molecule has 2 aromatic rings. The van der Waals surface area contributed by atoms with E-state index in [1.807, 2.05) is 6.92 Å². The minimum atomic E-state index is -0.569. The third-order valence-corrected chi connectivity index (χ3v) is 4.73. The molecule has 4 N–H and O–H groups in total. The summed E-state index contributed by atoms with van der Waals surface area (Å²) in [7, 11) is 1.68. The molecule has 0 spiro atoms. The standard InChI is InChI=1S/C11H10ClFN4.C7H12O3/c1-15-11-9(14)5-10(16-17-11)7-4-6(12)2-3-8(7)13;1-2-7(5-8)3-4-10-6(7)9/h2-5H,1H3,(H2,14,16)(H,15,17);8H,2-5H2,1H3. The van der Waals surface area contributed by atoms with Crippen molar-refractivity contribution in [3.8, 4) is 11.3 Å². The third kappa shape index (κ3) is 4.64. The number of benzene rings is 1. The summed E-state index contributed by atoms with van der Waals surface area (Å²) in [6.45, 7) is 2.28. The Kier molecular flexibility index (Phi) is 6.92. The first-order valence-corrected chi connectivity index (χ1v) is 8.79. The third-order valence-electron chi connectivity index (χ3n) is 4.49. The number of carbonyl (C=O) groups is 1. The van der Waals surface area contributed by atoms with E-state index in [1.54, 1.807) is 13.1 Å². The predicted octanol–water partition coefficient (Wildman–Crippen LogP) is 2.88. The topological polar surface area (TPSA) is 110 Å². The number of nitrogens with one attached hydrogen (secondary N) is 1. The summed E-state index contributed by atoms with van der Waals surface area (Å²) in [5.74, 6) is -0.200. The van der Waals surface area contributed by atoms with E-state index in [-0.39, 0.29) is 18.1 Å². The van der Waals surface area contributed by atoms with E-state index in [0.717, 1.165) is 0 Å². The molecule has 1 aromatic carbocycles. The monoisotopic (exact) mass is 396 g/mol. The Bertz CT molecular complexity index is 815. The molecule has 0 bridgehead atoms. The van der Waals surface area contributed by atoms with Gasteiger partial charge in [0.15, 0.2) is 5.82 Å². The van der Waals surface area contributed by atoms with Gasteiger partial charge >= 0.3 is 5.97 Å². The van der Waals surface area contributed by atoms with E-state index in [9.17, 15) is 9.18 Å². The Balaban J connectivity index is 0.000000223. The Morgan fingerprint density at radius 3 is 2.63 bits per heavy atom. The van der Waals surface area contributed by atoms with Gasteiger partial charge in [-0.3, -0.25) is 4.79 Å². The van der Waals surface area contributed by atoms with Crippen molar-refractivity contribution in [1.29, 1.82) is 0 Å². The summed E-state index contributed by atoms with van der Waals surface area (Å²) in [5.41, 5.74) is 6.19. The Morgan fingerprint density at radius 2 is 2.15 bits per heavy atom. The molecule has 1 fully saturated rings. The van der Waals surface area contributed by atoms with E-state index >= 15 is 0 Å². The zero-order valence-corrected chi connectivity index (χ0v) is 15.9. The van der Waals surface area contributed by atoms with Crippen LogP contribution in [0.5, 0.6) is 0 Å². The molecule has 1 aromatic heterocycles. The molecular formula is C18H22ClFN4O3. The maximum Gasteiger partial charge on any atom is 0.314 e. The first kappa shape index (κ1) is 20.9. The second-order valence-corrected chi connectivity index (χ2v) is 6.52. The fraction of sp³-hybridized carbons (Fsp3) is 0.389. The lowest BCUT2D eigenvalue weighted by Gasteiger charge is -2.18. The molecule has 0 amide bonds. The molecule has 3 rings (SSSR count). The van der Waals surface area contributed by atoms with Gasteiger partial charge in [-0.25, -0.2) is 4.39 Å². The molecule has 0 radical (unpaired) electrons. The van der Waals surface area contributed by atoms with E-state index in [0.29, 0.717) is 41.7 Å². The van der Waals surface area contributed by atoms with Crippen LogP contribution in [0.3, 0.4) is 0 Å². The fourth-order valence-corrected chi connectivity index (χ4v) is 2.77. The van der Waals surface area contributed by atoms with Crippen LogP contribution >= 0.6 is 11.6 Å². The number of halogens is 2. The van der Waals surface area contributed by atoms with E-state index in [4.69, 9.17) is 27.2 Å². The maximum absolute atomic E-state index is 13.6. The number of hydrogen-bond acceptors (Lipinski definition) is 7. The summed E-state index contributed by atoms with van der Waals surface area (Å²) in [4.78, 5) is 11.0. The summed E-state index contributed by atoms with van der Waals surface area (Å²) in [6.07, 6.45) is 1.33. The summed E-state index contributed by atoms with van der Waals surface area (Å²) in [5, 5.41) is 19.8. The SMILES string of the molecule is CCC1(CO)CCOC1=O.CNc1nnc(-c2cc(Cl)ccc2F)cc1N. The van der Waals surface area contributed by atoms with Crippen molar-refractivity contribution >= 4 is 29.1 Å². The highest BCUT2D eigenvalue weighted by Crippen LogP contribution is 2.32. The van der Waals surface area contributed by atoms with Gasteiger partial charge in [-0.05, 0) is 37.1 Å².